The quantitative estimate of drug-likeness (QED) is 0.403. The summed E-state index contributed by atoms with van der Waals surface area (Å²) in [6.45, 7) is 4.39. The maximum atomic E-state index is 14.9. The Morgan fingerprint density at radius 3 is 2.61 bits per heavy atom. The van der Waals surface area contributed by atoms with E-state index in [1.807, 2.05) is 25.1 Å². The van der Waals surface area contributed by atoms with Crippen LogP contribution in [0.1, 0.15) is 83.1 Å². The van der Waals surface area contributed by atoms with Gasteiger partial charge in [-0.3, -0.25) is 0 Å². The fourth-order valence-electron chi connectivity index (χ4n) is 5.96. The molecule has 31 heavy (non-hydrogen) atoms. The molecule has 4 atom stereocenters. The largest absolute Gasteiger partial charge is 0.486 e. The average molecular weight is 427 g/mol. The van der Waals surface area contributed by atoms with E-state index in [9.17, 15) is 8.78 Å². The van der Waals surface area contributed by atoms with Crippen molar-refractivity contribution in [1.82, 2.24) is 0 Å². The van der Waals surface area contributed by atoms with Gasteiger partial charge in [-0.1, -0.05) is 56.9 Å². The topological polar surface area (TPSA) is 9.23 Å². The molecule has 2 aliphatic rings. The van der Waals surface area contributed by atoms with E-state index in [1.165, 1.54) is 63.4 Å². The Bertz CT molecular complexity index is 919. The summed E-state index contributed by atoms with van der Waals surface area (Å²) in [4.78, 5) is 0. The molecule has 1 nitrogen and oxygen atoms in total. The Labute approximate surface area is 185 Å². The molecular formula is C28H36F2O. The third kappa shape index (κ3) is 4.96. The summed E-state index contributed by atoms with van der Waals surface area (Å²) in [7, 11) is 0. The van der Waals surface area contributed by atoms with Gasteiger partial charge in [0.1, 0.15) is 6.61 Å². The van der Waals surface area contributed by atoms with Crippen LogP contribution in [-0.2, 0) is 0 Å². The molecule has 0 heterocycles. The van der Waals surface area contributed by atoms with Crippen LogP contribution in [0, 0.1) is 29.4 Å². The van der Waals surface area contributed by atoms with Crippen molar-refractivity contribution in [2.24, 2.45) is 17.8 Å². The van der Waals surface area contributed by atoms with E-state index in [1.54, 1.807) is 12.1 Å². The van der Waals surface area contributed by atoms with E-state index in [2.05, 4.69) is 13.0 Å². The first kappa shape index (κ1) is 22.3. The highest BCUT2D eigenvalue weighted by Crippen LogP contribution is 2.48. The molecule has 0 N–H and O–H groups in total. The van der Waals surface area contributed by atoms with Gasteiger partial charge in [0.2, 0.25) is 5.82 Å². The van der Waals surface area contributed by atoms with Crippen molar-refractivity contribution < 1.29 is 13.5 Å². The van der Waals surface area contributed by atoms with Gasteiger partial charge in [0, 0.05) is 5.39 Å². The van der Waals surface area contributed by atoms with Crippen molar-refractivity contribution in [3.05, 3.63) is 53.6 Å². The molecule has 2 fully saturated rings. The highest BCUT2D eigenvalue weighted by Gasteiger charge is 2.35. The van der Waals surface area contributed by atoms with Crippen LogP contribution in [-0.4, -0.2) is 6.61 Å². The average Bonchev–Trinajstić information content (AvgIpc) is 2.80. The van der Waals surface area contributed by atoms with Crippen LogP contribution in [0.25, 0.3) is 10.8 Å². The van der Waals surface area contributed by atoms with Gasteiger partial charge in [-0.25, -0.2) is 4.39 Å². The normalized spacial score (nSPS) is 26.3. The molecule has 2 aliphatic carbocycles. The Morgan fingerprint density at radius 2 is 1.81 bits per heavy atom. The molecule has 4 rings (SSSR count). The van der Waals surface area contributed by atoms with Crippen LogP contribution >= 0.6 is 0 Å². The highest BCUT2D eigenvalue weighted by atomic mass is 19.2. The van der Waals surface area contributed by atoms with Crippen molar-refractivity contribution in [1.29, 1.82) is 0 Å². The molecule has 0 bridgehead atoms. The Morgan fingerprint density at radius 1 is 1.00 bits per heavy atom. The lowest BCUT2D eigenvalue weighted by molar-refractivity contribution is 0.113. The molecule has 2 saturated carbocycles. The number of ether oxygens (including phenoxy) is 1. The lowest BCUT2D eigenvalue weighted by Crippen LogP contribution is -2.30. The van der Waals surface area contributed by atoms with Crippen molar-refractivity contribution in [3.63, 3.8) is 0 Å². The Hall–Kier alpha value is -1.90. The fourth-order valence-corrected chi connectivity index (χ4v) is 5.96. The van der Waals surface area contributed by atoms with Crippen LogP contribution in [0.3, 0.4) is 0 Å². The molecule has 0 saturated heterocycles. The molecule has 0 radical (unpaired) electrons. The predicted octanol–water partition coefficient (Wildman–Crippen LogP) is 8.56. The van der Waals surface area contributed by atoms with E-state index >= 15 is 0 Å². The minimum atomic E-state index is -0.886. The van der Waals surface area contributed by atoms with Crippen molar-refractivity contribution in [2.45, 2.75) is 77.6 Å². The maximum Gasteiger partial charge on any atom is 0.201 e. The monoisotopic (exact) mass is 426 g/mol. The van der Waals surface area contributed by atoms with E-state index in [0.29, 0.717) is 16.7 Å². The number of allylic oxidation sites excluding steroid dienone is 1. The van der Waals surface area contributed by atoms with Crippen LogP contribution in [0.5, 0.6) is 5.75 Å². The number of unbranched alkanes of at least 4 members (excludes halogenated alkanes) is 1. The van der Waals surface area contributed by atoms with Gasteiger partial charge in [0.15, 0.2) is 11.6 Å². The summed E-state index contributed by atoms with van der Waals surface area (Å²) < 4.78 is 34.8. The summed E-state index contributed by atoms with van der Waals surface area (Å²) >= 11 is 0. The van der Waals surface area contributed by atoms with Crippen LogP contribution in [0.2, 0.25) is 0 Å². The molecule has 0 spiro atoms. The molecule has 168 valence electrons. The molecule has 2 aromatic carbocycles. The van der Waals surface area contributed by atoms with Gasteiger partial charge >= 0.3 is 0 Å². The second kappa shape index (κ2) is 10.1. The van der Waals surface area contributed by atoms with E-state index < -0.39 is 11.6 Å². The zero-order valence-corrected chi connectivity index (χ0v) is 19.0. The summed E-state index contributed by atoms with van der Waals surface area (Å²) in [5, 5.41) is 1.07. The zero-order valence-electron chi connectivity index (χ0n) is 19.0. The van der Waals surface area contributed by atoms with Crippen molar-refractivity contribution in [2.75, 3.05) is 6.61 Å². The van der Waals surface area contributed by atoms with Gasteiger partial charge in [-0.05, 0) is 85.8 Å². The number of rotatable bonds is 7. The molecule has 4 unspecified atom stereocenters. The maximum absolute atomic E-state index is 14.9. The summed E-state index contributed by atoms with van der Waals surface area (Å²) in [6.07, 6.45) is 15.5. The van der Waals surface area contributed by atoms with Gasteiger partial charge in [-0.15, -0.1) is 0 Å². The summed E-state index contributed by atoms with van der Waals surface area (Å²) in [5.74, 6) is 1.37. The first-order valence-corrected chi connectivity index (χ1v) is 12.3. The first-order valence-electron chi connectivity index (χ1n) is 12.3. The van der Waals surface area contributed by atoms with Gasteiger partial charge < -0.3 is 4.74 Å². The Balaban J connectivity index is 1.48. The molecule has 0 aliphatic heterocycles. The Kier molecular flexibility index (Phi) is 7.30. The molecule has 0 amide bonds. The number of fused-ring (bicyclic) bond motifs is 2. The van der Waals surface area contributed by atoms with Crippen molar-refractivity contribution in [3.8, 4) is 5.75 Å². The highest BCUT2D eigenvalue weighted by molar-refractivity contribution is 5.85. The van der Waals surface area contributed by atoms with Crippen LogP contribution in [0.15, 0.2) is 36.4 Å². The third-order valence-electron chi connectivity index (χ3n) is 7.74. The lowest BCUT2D eigenvalue weighted by atomic mass is 9.63. The first-order chi connectivity index (χ1) is 15.1. The standard InChI is InChI=1S/C28H36F2O/c1-3-5-7-19-8-9-21-16-22(11-10-20(21)15-19)23-12-13-24-18-26(31-14-6-4-2)28(30)27(29)25(24)17-23/h4,6,12-13,17-22H,3,5,7-11,14-16H2,1-2H3/b6-4+. The molecule has 2 aromatic rings. The van der Waals surface area contributed by atoms with Crippen LogP contribution < -0.4 is 4.74 Å². The van der Waals surface area contributed by atoms with E-state index in [4.69, 9.17) is 4.74 Å². The summed E-state index contributed by atoms with van der Waals surface area (Å²) in [5.41, 5.74) is 1.17. The van der Waals surface area contributed by atoms with E-state index in [0.717, 1.165) is 17.8 Å². The third-order valence-corrected chi connectivity index (χ3v) is 7.74. The fraction of sp³-hybridized carbons (Fsp3) is 0.571. The number of hydrogen-bond donors (Lipinski definition) is 0. The lowest BCUT2D eigenvalue weighted by Gasteiger charge is -2.42. The van der Waals surface area contributed by atoms with Gasteiger partial charge in [0.05, 0.1) is 0 Å². The summed E-state index contributed by atoms with van der Waals surface area (Å²) in [6, 6.07) is 7.56. The SMILES string of the molecule is C/C=C/COc1cc2ccc(C3CCC4CC(CCCC)CCC4C3)cc2c(F)c1F. The zero-order chi connectivity index (χ0) is 21.8. The minimum Gasteiger partial charge on any atom is -0.486 e. The second-order valence-corrected chi connectivity index (χ2v) is 9.71. The van der Waals surface area contributed by atoms with Crippen LogP contribution in [0.4, 0.5) is 8.78 Å². The minimum absolute atomic E-state index is 0.0174. The van der Waals surface area contributed by atoms with E-state index in [-0.39, 0.29) is 12.4 Å². The van der Waals surface area contributed by atoms with Crippen molar-refractivity contribution >= 4 is 10.8 Å². The molecule has 3 heteroatoms. The number of benzene rings is 2. The molecular weight excluding hydrogens is 390 g/mol. The molecule has 0 aromatic heterocycles. The van der Waals surface area contributed by atoms with Gasteiger partial charge in [0.25, 0.3) is 0 Å². The number of hydrogen-bond acceptors (Lipinski definition) is 1. The smallest absolute Gasteiger partial charge is 0.201 e. The number of halogens is 2. The second-order valence-electron chi connectivity index (χ2n) is 9.71. The van der Waals surface area contributed by atoms with Gasteiger partial charge in [-0.2, -0.15) is 4.39 Å². The predicted molar refractivity (Wildman–Crippen MR) is 125 cm³/mol.